The molecule has 1 aliphatic heterocycles. The first-order valence-electron chi connectivity index (χ1n) is 6.20. The fourth-order valence-corrected chi connectivity index (χ4v) is 2.25. The SMILES string of the molecule is O=C(O)c1cnc2ccc(N3CCOCC3)cc2c1. The van der Waals surface area contributed by atoms with Crippen molar-refractivity contribution in [2.75, 3.05) is 31.2 Å². The van der Waals surface area contributed by atoms with Crippen molar-refractivity contribution < 1.29 is 14.6 Å². The summed E-state index contributed by atoms with van der Waals surface area (Å²) in [5.41, 5.74) is 2.11. The van der Waals surface area contributed by atoms with Gasteiger partial charge in [-0.25, -0.2) is 4.79 Å². The highest BCUT2D eigenvalue weighted by Crippen LogP contribution is 2.22. The number of carbonyl (C=O) groups is 1. The second-order valence-corrected chi connectivity index (χ2v) is 4.51. The quantitative estimate of drug-likeness (QED) is 0.889. The van der Waals surface area contributed by atoms with Gasteiger partial charge in [0.2, 0.25) is 0 Å². The van der Waals surface area contributed by atoms with E-state index in [1.54, 1.807) is 6.07 Å². The van der Waals surface area contributed by atoms with Crippen molar-refractivity contribution in [1.82, 2.24) is 4.98 Å². The fraction of sp³-hybridized carbons (Fsp3) is 0.286. The van der Waals surface area contributed by atoms with E-state index in [0.717, 1.165) is 42.9 Å². The van der Waals surface area contributed by atoms with Crippen LogP contribution in [-0.2, 0) is 4.74 Å². The first-order chi connectivity index (χ1) is 9.24. The summed E-state index contributed by atoms with van der Waals surface area (Å²) in [6.45, 7) is 3.17. The molecule has 98 valence electrons. The number of nitrogens with zero attached hydrogens (tertiary/aromatic N) is 2. The lowest BCUT2D eigenvalue weighted by atomic mass is 10.1. The Morgan fingerprint density at radius 3 is 2.79 bits per heavy atom. The summed E-state index contributed by atoms with van der Waals surface area (Å²) in [7, 11) is 0. The van der Waals surface area contributed by atoms with Crippen LogP contribution in [-0.4, -0.2) is 42.4 Å². The third-order valence-corrected chi connectivity index (χ3v) is 3.29. The van der Waals surface area contributed by atoms with Crippen LogP contribution < -0.4 is 4.90 Å². The van der Waals surface area contributed by atoms with Crippen LogP contribution in [0.15, 0.2) is 30.5 Å². The summed E-state index contributed by atoms with van der Waals surface area (Å²) < 4.78 is 5.33. The zero-order valence-corrected chi connectivity index (χ0v) is 10.4. The van der Waals surface area contributed by atoms with E-state index in [4.69, 9.17) is 9.84 Å². The Hall–Kier alpha value is -2.14. The van der Waals surface area contributed by atoms with Crippen LogP contribution in [0.25, 0.3) is 10.9 Å². The minimum absolute atomic E-state index is 0.214. The molecule has 5 nitrogen and oxygen atoms in total. The Balaban J connectivity index is 2.00. The molecule has 1 aromatic heterocycles. The summed E-state index contributed by atoms with van der Waals surface area (Å²) in [5, 5.41) is 9.85. The molecule has 1 N–H and O–H groups in total. The molecular formula is C14H14N2O3. The predicted octanol–water partition coefficient (Wildman–Crippen LogP) is 1.77. The molecule has 0 amide bonds. The normalized spacial score (nSPS) is 15.7. The molecular weight excluding hydrogens is 244 g/mol. The summed E-state index contributed by atoms with van der Waals surface area (Å²) in [5.74, 6) is -0.953. The van der Waals surface area contributed by atoms with Gasteiger partial charge in [0.1, 0.15) is 0 Å². The molecule has 0 bridgehead atoms. The average Bonchev–Trinajstić information content (AvgIpc) is 2.47. The highest BCUT2D eigenvalue weighted by Gasteiger charge is 2.12. The molecule has 0 atom stereocenters. The van der Waals surface area contributed by atoms with Crippen LogP contribution >= 0.6 is 0 Å². The number of fused-ring (bicyclic) bond motifs is 1. The number of hydrogen-bond acceptors (Lipinski definition) is 4. The molecule has 19 heavy (non-hydrogen) atoms. The van der Waals surface area contributed by atoms with Crippen LogP contribution in [0, 0.1) is 0 Å². The Morgan fingerprint density at radius 1 is 1.26 bits per heavy atom. The molecule has 0 aliphatic carbocycles. The van der Waals surface area contributed by atoms with Gasteiger partial charge in [0.15, 0.2) is 0 Å². The molecule has 0 unspecified atom stereocenters. The van der Waals surface area contributed by atoms with Crippen molar-refractivity contribution in [2.24, 2.45) is 0 Å². The number of hydrogen-bond donors (Lipinski definition) is 1. The molecule has 0 radical (unpaired) electrons. The zero-order chi connectivity index (χ0) is 13.2. The first kappa shape index (κ1) is 11.9. The number of aromatic nitrogens is 1. The topological polar surface area (TPSA) is 62.7 Å². The predicted molar refractivity (Wildman–Crippen MR) is 71.7 cm³/mol. The molecule has 3 rings (SSSR count). The zero-order valence-electron chi connectivity index (χ0n) is 10.4. The van der Waals surface area contributed by atoms with Gasteiger partial charge in [-0.15, -0.1) is 0 Å². The van der Waals surface area contributed by atoms with Crippen LogP contribution in [0.3, 0.4) is 0 Å². The molecule has 2 heterocycles. The largest absolute Gasteiger partial charge is 0.478 e. The summed E-state index contributed by atoms with van der Waals surface area (Å²) in [6.07, 6.45) is 1.39. The maximum absolute atomic E-state index is 11.0. The second kappa shape index (κ2) is 4.85. The van der Waals surface area contributed by atoms with Gasteiger partial charge in [0.05, 0.1) is 24.3 Å². The number of benzene rings is 1. The minimum Gasteiger partial charge on any atom is -0.478 e. The Bertz CT molecular complexity index is 621. The third kappa shape index (κ3) is 2.37. The lowest BCUT2D eigenvalue weighted by Gasteiger charge is -2.29. The Kier molecular flexibility index (Phi) is 3.05. The van der Waals surface area contributed by atoms with Crippen molar-refractivity contribution in [3.05, 3.63) is 36.0 Å². The van der Waals surface area contributed by atoms with Crippen molar-refractivity contribution in [1.29, 1.82) is 0 Å². The van der Waals surface area contributed by atoms with E-state index >= 15 is 0 Å². The van der Waals surface area contributed by atoms with Crippen LogP contribution in [0.5, 0.6) is 0 Å². The molecule has 1 saturated heterocycles. The molecule has 0 saturated carbocycles. The number of carboxylic acids is 1. The van der Waals surface area contributed by atoms with Gasteiger partial charge in [-0.1, -0.05) is 0 Å². The molecule has 1 aromatic carbocycles. The molecule has 1 aliphatic rings. The third-order valence-electron chi connectivity index (χ3n) is 3.29. The van der Waals surface area contributed by atoms with E-state index < -0.39 is 5.97 Å². The number of carboxylic acid groups (broad SMARTS) is 1. The van der Waals surface area contributed by atoms with Gasteiger partial charge >= 0.3 is 5.97 Å². The number of rotatable bonds is 2. The van der Waals surface area contributed by atoms with E-state index in [1.165, 1.54) is 6.20 Å². The standard InChI is InChI=1S/C14H14N2O3/c17-14(18)11-7-10-8-12(1-2-13(10)15-9-11)16-3-5-19-6-4-16/h1-2,7-9H,3-6H2,(H,17,18). The lowest BCUT2D eigenvalue weighted by molar-refractivity contribution is 0.0696. The first-order valence-corrected chi connectivity index (χ1v) is 6.20. The van der Waals surface area contributed by atoms with E-state index in [-0.39, 0.29) is 5.56 Å². The summed E-state index contributed by atoms with van der Waals surface area (Å²) in [4.78, 5) is 17.4. The maximum Gasteiger partial charge on any atom is 0.337 e. The van der Waals surface area contributed by atoms with E-state index in [0.29, 0.717) is 0 Å². The van der Waals surface area contributed by atoms with E-state index in [2.05, 4.69) is 9.88 Å². The molecule has 0 spiro atoms. The number of aromatic carboxylic acids is 1. The van der Waals surface area contributed by atoms with Crippen LogP contribution in [0.1, 0.15) is 10.4 Å². The number of morpholine rings is 1. The van der Waals surface area contributed by atoms with Crippen molar-refractivity contribution in [2.45, 2.75) is 0 Å². The van der Waals surface area contributed by atoms with Crippen molar-refractivity contribution >= 4 is 22.6 Å². The van der Waals surface area contributed by atoms with Gasteiger partial charge < -0.3 is 14.7 Å². The van der Waals surface area contributed by atoms with Gasteiger partial charge in [-0.2, -0.15) is 0 Å². The van der Waals surface area contributed by atoms with Crippen molar-refractivity contribution in [3.63, 3.8) is 0 Å². The van der Waals surface area contributed by atoms with Gasteiger partial charge in [0, 0.05) is 30.4 Å². The van der Waals surface area contributed by atoms with E-state index in [1.807, 2.05) is 18.2 Å². The Morgan fingerprint density at radius 2 is 2.05 bits per heavy atom. The molecule has 5 heteroatoms. The van der Waals surface area contributed by atoms with Crippen LogP contribution in [0.4, 0.5) is 5.69 Å². The number of ether oxygens (including phenoxy) is 1. The lowest BCUT2D eigenvalue weighted by Crippen LogP contribution is -2.36. The maximum atomic E-state index is 11.0. The second-order valence-electron chi connectivity index (χ2n) is 4.51. The Labute approximate surface area is 110 Å². The molecule has 1 fully saturated rings. The highest BCUT2D eigenvalue weighted by molar-refractivity contribution is 5.93. The monoisotopic (exact) mass is 258 g/mol. The smallest absolute Gasteiger partial charge is 0.337 e. The average molecular weight is 258 g/mol. The number of anilines is 1. The molecule has 2 aromatic rings. The fourth-order valence-electron chi connectivity index (χ4n) is 2.25. The van der Waals surface area contributed by atoms with Gasteiger partial charge in [-0.3, -0.25) is 4.98 Å². The van der Waals surface area contributed by atoms with Gasteiger partial charge in [-0.05, 0) is 24.3 Å². The minimum atomic E-state index is -0.953. The summed E-state index contributed by atoms with van der Waals surface area (Å²) in [6, 6.07) is 7.58. The van der Waals surface area contributed by atoms with Crippen LogP contribution in [0.2, 0.25) is 0 Å². The highest BCUT2D eigenvalue weighted by atomic mass is 16.5. The van der Waals surface area contributed by atoms with Gasteiger partial charge in [0.25, 0.3) is 0 Å². The summed E-state index contributed by atoms with van der Waals surface area (Å²) >= 11 is 0. The van der Waals surface area contributed by atoms with Crippen molar-refractivity contribution in [3.8, 4) is 0 Å². The number of pyridine rings is 1. The van der Waals surface area contributed by atoms with E-state index in [9.17, 15) is 4.79 Å².